The van der Waals surface area contributed by atoms with Crippen LogP contribution in [-0.4, -0.2) is 63.8 Å². The number of hydrogen-bond acceptors (Lipinski definition) is 3. The average Bonchev–Trinajstić information content (AvgIpc) is 3.05. The van der Waals surface area contributed by atoms with Crippen molar-refractivity contribution >= 4 is 29.9 Å². The average molecular weight is 464 g/mol. The SMILES string of the molecule is CN=C(NCCc1ccc(F)cc1)NCC1CCCN1CCOC.I. The molecule has 1 unspecified atom stereocenters. The molecule has 1 aromatic carbocycles. The summed E-state index contributed by atoms with van der Waals surface area (Å²) in [5.41, 5.74) is 1.11. The highest BCUT2D eigenvalue weighted by molar-refractivity contribution is 14.0. The number of methoxy groups -OCH3 is 1. The van der Waals surface area contributed by atoms with Crippen LogP contribution in [0, 0.1) is 5.82 Å². The zero-order valence-electron chi connectivity index (χ0n) is 15.1. The maximum Gasteiger partial charge on any atom is 0.191 e. The van der Waals surface area contributed by atoms with Crippen LogP contribution in [0.5, 0.6) is 0 Å². The topological polar surface area (TPSA) is 48.9 Å². The van der Waals surface area contributed by atoms with Gasteiger partial charge in [-0.1, -0.05) is 12.1 Å². The molecular weight excluding hydrogens is 434 g/mol. The molecule has 0 amide bonds. The Hall–Kier alpha value is -0.930. The van der Waals surface area contributed by atoms with Crippen LogP contribution in [0.3, 0.4) is 0 Å². The molecular formula is C18H30FIN4O. The second kappa shape index (κ2) is 12.4. The molecule has 7 heteroatoms. The van der Waals surface area contributed by atoms with Crippen molar-refractivity contribution in [3.63, 3.8) is 0 Å². The first-order valence-electron chi connectivity index (χ1n) is 8.65. The molecule has 1 aliphatic rings. The predicted octanol–water partition coefficient (Wildman–Crippen LogP) is 2.26. The summed E-state index contributed by atoms with van der Waals surface area (Å²) in [4.78, 5) is 6.75. The van der Waals surface area contributed by atoms with Gasteiger partial charge in [-0.25, -0.2) is 4.39 Å². The van der Waals surface area contributed by atoms with Crippen LogP contribution in [0.1, 0.15) is 18.4 Å². The maximum absolute atomic E-state index is 12.9. The van der Waals surface area contributed by atoms with E-state index in [1.165, 1.54) is 25.0 Å². The second-order valence-corrected chi connectivity index (χ2v) is 6.08. The van der Waals surface area contributed by atoms with Gasteiger partial charge in [-0.15, -0.1) is 24.0 Å². The molecule has 0 saturated carbocycles. The lowest BCUT2D eigenvalue weighted by Gasteiger charge is -2.25. The van der Waals surface area contributed by atoms with Gasteiger partial charge >= 0.3 is 0 Å². The maximum atomic E-state index is 12.9. The Balaban J connectivity index is 0.00000312. The highest BCUT2D eigenvalue weighted by Crippen LogP contribution is 2.15. The fourth-order valence-corrected chi connectivity index (χ4v) is 3.04. The summed E-state index contributed by atoms with van der Waals surface area (Å²) < 4.78 is 18.1. The highest BCUT2D eigenvalue weighted by atomic mass is 127. The molecule has 0 bridgehead atoms. The van der Waals surface area contributed by atoms with Crippen molar-refractivity contribution in [2.75, 3.05) is 46.9 Å². The standard InChI is InChI=1S/C18H29FN4O.HI/c1-20-18(21-10-9-15-5-7-16(19)8-6-15)22-14-17-4-3-11-23(17)12-13-24-2;/h5-8,17H,3-4,9-14H2,1-2H3,(H2,20,21,22);1H. The Morgan fingerprint density at radius 3 is 2.76 bits per heavy atom. The molecule has 5 nitrogen and oxygen atoms in total. The highest BCUT2D eigenvalue weighted by Gasteiger charge is 2.23. The number of rotatable bonds is 8. The van der Waals surface area contributed by atoms with Crippen molar-refractivity contribution in [2.24, 2.45) is 4.99 Å². The van der Waals surface area contributed by atoms with E-state index >= 15 is 0 Å². The number of likely N-dealkylation sites (tertiary alicyclic amines) is 1. The van der Waals surface area contributed by atoms with Crippen molar-refractivity contribution in [1.29, 1.82) is 0 Å². The molecule has 1 fully saturated rings. The normalized spacial score (nSPS) is 18.0. The monoisotopic (exact) mass is 464 g/mol. The molecule has 0 radical (unpaired) electrons. The lowest BCUT2D eigenvalue weighted by Crippen LogP contribution is -2.45. The van der Waals surface area contributed by atoms with E-state index in [0.717, 1.165) is 50.7 Å². The minimum atomic E-state index is -0.196. The van der Waals surface area contributed by atoms with Crippen LogP contribution in [-0.2, 0) is 11.2 Å². The van der Waals surface area contributed by atoms with Gasteiger partial charge in [-0.05, 0) is 43.5 Å². The number of hydrogen-bond donors (Lipinski definition) is 2. The van der Waals surface area contributed by atoms with E-state index < -0.39 is 0 Å². The van der Waals surface area contributed by atoms with Crippen LogP contribution in [0.2, 0.25) is 0 Å². The zero-order chi connectivity index (χ0) is 17.2. The summed E-state index contributed by atoms with van der Waals surface area (Å²) >= 11 is 0. The number of benzene rings is 1. The number of nitrogens with one attached hydrogen (secondary N) is 2. The number of nitrogens with zero attached hydrogens (tertiary/aromatic N) is 2. The lowest BCUT2D eigenvalue weighted by molar-refractivity contribution is 0.141. The zero-order valence-corrected chi connectivity index (χ0v) is 17.5. The fraction of sp³-hybridized carbons (Fsp3) is 0.611. The molecule has 1 saturated heterocycles. The minimum Gasteiger partial charge on any atom is -0.383 e. The van der Waals surface area contributed by atoms with E-state index in [2.05, 4.69) is 20.5 Å². The van der Waals surface area contributed by atoms with E-state index in [1.54, 1.807) is 14.2 Å². The molecule has 2 rings (SSSR count). The van der Waals surface area contributed by atoms with Gasteiger partial charge in [-0.3, -0.25) is 9.89 Å². The van der Waals surface area contributed by atoms with Gasteiger partial charge in [0.2, 0.25) is 0 Å². The van der Waals surface area contributed by atoms with Gasteiger partial charge in [-0.2, -0.15) is 0 Å². The molecule has 0 aromatic heterocycles. The van der Waals surface area contributed by atoms with E-state index in [-0.39, 0.29) is 29.8 Å². The first-order chi connectivity index (χ1) is 11.7. The van der Waals surface area contributed by atoms with Crippen molar-refractivity contribution in [3.8, 4) is 0 Å². The van der Waals surface area contributed by atoms with E-state index in [0.29, 0.717) is 6.04 Å². The lowest BCUT2D eigenvalue weighted by atomic mass is 10.1. The Morgan fingerprint density at radius 1 is 1.32 bits per heavy atom. The van der Waals surface area contributed by atoms with Gasteiger partial charge in [0.05, 0.1) is 6.61 Å². The first kappa shape index (κ1) is 22.1. The van der Waals surface area contributed by atoms with Crippen molar-refractivity contribution < 1.29 is 9.13 Å². The van der Waals surface area contributed by atoms with Gasteiger partial charge in [0, 0.05) is 39.8 Å². The Kier molecular flexibility index (Phi) is 11.0. The van der Waals surface area contributed by atoms with E-state index in [9.17, 15) is 4.39 Å². The molecule has 1 aromatic rings. The summed E-state index contributed by atoms with van der Waals surface area (Å²) in [7, 11) is 3.53. The van der Waals surface area contributed by atoms with Crippen LogP contribution in [0.25, 0.3) is 0 Å². The van der Waals surface area contributed by atoms with E-state index in [4.69, 9.17) is 4.74 Å². The summed E-state index contributed by atoms with van der Waals surface area (Å²) in [6.07, 6.45) is 3.29. The second-order valence-electron chi connectivity index (χ2n) is 6.08. The molecule has 25 heavy (non-hydrogen) atoms. The van der Waals surface area contributed by atoms with Crippen LogP contribution >= 0.6 is 24.0 Å². The quantitative estimate of drug-likeness (QED) is 0.352. The smallest absolute Gasteiger partial charge is 0.191 e. The van der Waals surface area contributed by atoms with Gasteiger partial charge in [0.1, 0.15) is 5.82 Å². The van der Waals surface area contributed by atoms with E-state index in [1.807, 2.05) is 12.1 Å². The molecule has 0 spiro atoms. The van der Waals surface area contributed by atoms with Gasteiger partial charge in [0.25, 0.3) is 0 Å². The number of aliphatic imine (C=N–C) groups is 1. The molecule has 1 aliphatic heterocycles. The van der Waals surface area contributed by atoms with Crippen LogP contribution < -0.4 is 10.6 Å². The number of guanidine groups is 1. The molecule has 1 heterocycles. The Morgan fingerprint density at radius 2 is 2.08 bits per heavy atom. The first-order valence-corrected chi connectivity index (χ1v) is 8.65. The summed E-state index contributed by atoms with van der Waals surface area (Å²) in [5, 5.41) is 6.73. The summed E-state index contributed by atoms with van der Waals surface area (Å²) in [6.45, 7) is 4.57. The third kappa shape index (κ3) is 7.87. The molecule has 1 atom stereocenters. The third-order valence-corrected chi connectivity index (χ3v) is 4.43. The van der Waals surface area contributed by atoms with Gasteiger partial charge in [0.15, 0.2) is 5.96 Å². The summed E-state index contributed by atoms with van der Waals surface area (Å²) in [5.74, 6) is 0.620. The van der Waals surface area contributed by atoms with Gasteiger partial charge < -0.3 is 15.4 Å². The van der Waals surface area contributed by atoms with Crippen molar-refractivity contribution in [3.05, 3.63) is 35.6 Å². The van der Waals surface area contributed by atoms with Crippen LogP contribution in [0.4, 0.5) is 4.39 Å². The Labute approximate surface area is 167 Å². The minimum absolute atomic E-state index is 0. The fourth-order valence-electron chi connectivity index (χ4n) is 3.04. The summed E-state index contributed by atoms with van der Waals surface area (Å²) in [6, 6.07) is 7.17. The van der Waals surface area contributed by atoms with Crippen LogP contribution in [0.15, 0.2) is 29.3 Å². The largest absolute Gasteiger partial charge is 0.383 e. The molecule has 142 valence electrons. The number of ether oxygens (including phenoxy) is 1. The molecule has 0 aliphatic carbocycles. The molecule has 2 N–H and O–H groups in total. The number of halogens is 2. The Bertz CT molecular complexity index is 512. The van der Waals surface area contributed by atoms with Crippen molar-refractivity contribution in [2.45, 2.75) is 25.3 Å². The van der Waals surface area contributed by atoms with Crippen molar-refractivity contribution in [1.82, 2.24) is 15.5 Å². The predicted molar refractivity (Wildman–Crippen MR) is 111 cm³/mol. The third-order valence-electron chi connectivity index (χ3n) is 4.43.